The van der Waals surface area contributed by atoms with Crippen LogP contribution in [0.4, 0.5) is 5.69 Å². The van der Waals surface area contributed by atoms with Gasteiger partial charge in [0.25, 0.3) is 0 Å². The van der Waals surface area contributed by atoms with E-state index in [-0.39, 0.29) is 17.8 Å². The number of nitrogens with zero attached hydrogens (tertiary/aromatic N) is 3. The van der Waals surface area contributed by atoms with Crippen molar-refractivity contribution in [2.75, 3.05) is 11.1 Å². The summed E-state index contributed by atoms with van der Waals surface area (Å²) in [4.78, 5) is 12.5. The Kier molecular flexibility index (Phi) is 8.45. The normalized spacial score (nSPS) is 12.1. The molecule has 1 aromatic heterocycles. The van der Waals surface area contributed by atoms with E-state index in [1.165, 1.54) is 11.8 Å². The van der Waals surface area contributed by atoms with E-state index in [1.807, 2.05) is 42.7 Å². The van der Waals surface area contributed by atoms with Crippen LogP contribution in [0.25, 0.3) is 0 Å². The zero-order valence-corrected chi connectivity index (χ0v) is 20.8. The summed E-state index contributed by atoms with van der Waals surface area (Å²) >= 11 is 13.6. The van der Waals surface area contributed by atoms with Gasteiger partial charge in [0, 0.05) is 17.3 Å². The zero-order chi connectivity index (χ0) is 23.3. The number of aromatic nitrogens is 3. The van der Waals surface area contributed by atoms with Crippen LogP contribution in [0, 0.1) is 12.8 Å². The van der Waals surface area contributed by atoms with Gasteiger partial charge in [0.05, 0.1) is 10.8 Å². The van der Waals surface area contributed by atoms with Gasteiger partial charge in [0.15, 0.2) is 17.1 Å². The molecule has 3 aromatic rings. The minimum absolute atomic E-state index is 0.124. The van der Waals surface area contributed by atoms with E-state index in [0.717, 1.165) is 11.3 Å². The number of hydrogen-bond donors (Lipinski definition) is 1. The number of nitrogens with one attached hydrogen (secondary N) is 1. The number of amides is 1. The summed E-state index contributed by atoms with van der Waals surface area (Å²) in [7, 11) is 0. The molecule has 0 aliphatic rings. The second-order valence-corrected chi connectivity index (χ2v) is 9.62. The van der Waals surface area contributed by atoms with Crippen molar-refractivity contribution in [2.24, 2.45) is 5.92 Å². The first-order chi connectivity index (χ1) is 15.2. The second kappa shape index (κ2) is 11.1. The van der Waals surface area contributed by atoms with E-state index in [2.05, 4.69) is 29.4 Å². The van der Waals surface area contributed by atoms with Gasteiger partial charge in [0.1, 0.15) is 5.75 Å². The van der Waals surface area contributed by atoms with Gasteiger partial charge < -0.3 is 14.6 Å². The summed E-state index contributed by atoms with van der Waals surface area (Å²) in [6.45, 7) is 8.76. The van der Waals surface area contributed by atoms with E-state index in [4.69, 9.17) is 27.9 Å². The van der Waals surface area contributed by atoms with Crippen LogP contribution in [0.15, 0.2) is 47.6 Å². The topological polar surface area (TPSA) is 69.0 Å². The van der Waals surface area contributed by atoms with Crippen molar-refractivity contribution in [3.63, 3.8) is 0 Å². The molecule has 0 bridgehead atoms. The van der Waals surface area contributed by atoms with Gasteiger partial charge >= 0.3 is 0 Å². The van der Waals surface area contributed by atoms with E-state index in [0.29, 0.717) is 39.2 Å². The van der Waals surface area contributed by atoms with Crippen LogP contribution in [-0.4, -0.2) is 26.4 Å². The number of carbonyl (C=O) groups excluding carboxylic acids is 1. The van der Waals surface area contributed by atoms with Gasteiger partial charge in [-0.05, 0) is 55.7 Å². The van der Waals surface area contributed by atoms with E-state index < -0.39 is 0 Å². The van der Waals surface area contributed by atoms with E-state index in [1.54, 1.807) is 18.2 Å². The van der Waals surface area contributed by atoms with Crippen molar-refractivity contribution in [3.8, 4) is 5.75 Å². The van der Waals surface area contributed by atoms with Crippen LogP contribution in [0.2, 0.25) is 10.0 Å². The predicted octanol–water partition coefficient (Wildman–Crippen LogP) is 6.42. The zero-order valence-electron chi connectivity index (χ0n) is 18.4. The highest BCUT2D eigenvalue weighted by molar-refractivity contribution is 7.99. The largest absolute Gasteiger partial charge is 0.481 e. The minimum Gasteiger partial charge on any atom is -0.481 e. The third kappa shape index (κ3) is 6.40. The molecule has 1 amide bonds. The third-order valence-electron chi connectivity index (χ3n) is 4.59. The summed E-state index contributed by atoms with van der Waals surface area (Å²) in [6, 6.07) is 12.7. The average molecular weight is 493 g/mol. The molecule has 0 radical (unpaired) electrons. The van der Waals surface area contributed by atoms with E-state index in [9.17, 15) is 4.79 Å². The molecule has 9 heteroatoms. The molecule has 2 aromatic carbocycles. The number of benzene rings is 2. The molecule has 0 aliphatic heterocycles. The van der Waals surface area contributed by atoms with Crippen LogP contribution in [0.5, 0.6) is 5.75 Å². The maximum absolute atomic E-state index is 12.5. The lowest BCUT2D eigenvalue weighted by molar-refractivity contribution is -0.113. The Labute approximate surface area is 202 Å². The molecule has 1 heterocycles. The lowest BCUT2D eigenvalue weighted by Crippen LogP contribution is -2.17. The number of hydrogen-bond acceptors (Lipinski definition) is 5. The fraction of sp³-hybridized carbons (Fsp3) is 0.348. The first-order valence-corrected chi connectivity index (χ1v) is 12.0. The number of para-hydroxylation sites is 1. The fourth-order valence-corrected chi connectivity index (χ4v) is 4.27. The number of anilines is 1. The summed E-state index contributed by atoms with van der Waals surface area (Å²) in [5.41, 5.74) is 1.65. The molecule has 0 aliphatic carbocycles. The summed E-state index contributed by atoms with van der Waals surface area (Å²) in [5.74, 6) is 1.73. The molecule has 0 fully saturated rings. The van der Waals surface area contributed by atoms with Crippen LogP contribution in [0.3, 0.4) is 0 Å². The Balaban J connectivity index is 1.71. The lowest BCUT2D eigenvalue weighted by Gasteiger charge is -2.18. The Morgan fingerprint density at radius 1 is 1.16 bits per heavy atom. The number of carbonyl (C=O) groups is 1. The quantitative estimate of drug-likeness (QED) is 0.349. The molecular weight excluding hydrogens is 467 g/mol. The molecule has 1 atom stereocenters. The first kappa shape index (κ1) is 24.4. The second-order valence-electron chi connectivity index (χ2n) is 7.83. The molecule has 3 rings (SSSR count). The van der Waals surface area contributed by atoms with Gasteiger partial charge in [-0.3, -0.25) is 4.79 Å². The Bertz CT molecular complexity index is 1090. The summed E-state index contributed by atoms with van der Waals surface area (Å²) < 4.78 is 8.05. The Morgan fingerprint density at radius 3 is 2.59 bits per heavy atom. The van der Waals surface area contributed by atoms with Crippen LogP contribution in [0.1, 0.15) is 38.3 Å². The summed E-state index contributed by atoms with van der Waals surface area (Å²) in [6.07, 6.45) is -0.360. The maximum Gasteiger partial charge on any atom is 0.234 e. The van der Waals surface area contributed by atoms with E-state index >= 15 is 0 Å². The van der Waals surface area contributed by atoms with Crippen LogP contribution < -0.4 is 10.1 Å². The highest BCUT2D eigenvalue weighted by Gasteiger charge is 2.21. The predicted molar refractivity (Wildman–Crippen MR) is 131 cm³/mol. The maximum atomic E-state index is 12.5. The van der Waals surface area contributed by atoms with Gasteiger partial charge in [0.2, 0.25) is 5.91 Å². The molecule has 1 unspecified atom stereocenters. The Morgan fingerprint density at radius 2 is 1.91 bits per heavy atom. The van der Waals surface area contributed by atoms with Gasteiger partial charge in [-0.15, -0.1) is 10.2 Å². The molecule has 1 N–H and O–H groups in total. The molecular formula is C23H26Cl2N4O2S. The van der Waals surface area contributed by atoms with Crippen molar-refractivity contribution in [1.82, 2.24) is 14.8 Å². The van der Waals surface area contributed by atoms with Gasteiger partial charge in [-0.2, -0.15) is 0 Å². The van der Waals surface area contributed by atoms with Crippen LogP contribution in [-0.2, 0) is 11.3 Å². The highest BCUT2D eigenvalue weighted by Crippen LogP contribution is 2.30. The SMILES string of the molecule is Cc1cc(Cl)ccc1NC(=O)CSc1nnc(C(C)Oc2ccccc2Cl)n1CC(C)C. The number of thioether (sulfide) groups is 1. The number of aryl methyl sites for hydroxylation is 1. The standard InChI is InChI=1S/C23H26Cl2N4O2S/c1-14(2)12-29-22(16(4)31-20-8-6-5-7-18(20)25)27-28-23(29)32-13-21(30)26-19-10-9-17(24)11-15(19)3/h5-11,14,16H,12-13H2,1-4H3,(H,26,30). The van der Waals surface area contributed by atoms with Crippen LogP contribution >= 0.6 is 35.0 Å². The summed E-state index contributed by atoms with van der Waals surface area (Å²) in [5, 5.41) is 13.5. The number of ether oxygens (including phenoxy) is 1. The van der Waals surface area contributed by atoms with Crippen molar-refractivity contribution in [3.05, 3.63) is 63.9 Å². The molecule has 32 heavy (non-hydrogen) atoms. The van der Waals surface area contributed by atoms with Gasteiger partial charge in [-0.25, -0.2) is 0 Å². The molecule has 0 spiro atoms. The number of halogens is 2. The fourth-order valence-electron chi connectivity index (χ4n) is 3.11. The van der Waals surface area contributed by atoms with Crippen molar-refractivity contribution < 1.29 is 9.53 Å². The van der Waals surface area contributed by atoms with Crippen molar-refractivity contribution in [2.45, 2.75) is 45.5 Å². The number of rotatable bonds is 9. The molecule has 6 nitrogen and oxygen atoms in total. The third-order valence-corrected chi connectivity index (χ3v) is 6.11. The molecule has 170 valence electrons. The van der Waals surface area contributed by atoms with Gasteiger partial charge in [-0.1, -0.05) is 60.9 Å². The van der Waals surface area contributed by atoms with Crippen molar-refractivity contribution in [1.29, 1.82) is 0 Å². The Hall–Kier alpha value is -2.22. The average Bonchev–Trinajstić information content (AvgIpc) is 3.12. The molecule has 0 saturated carbocycles. The molecule has 0 saturated heterocycles. The lowest BCUT2D eigenvalue weighted by atomic mass is 10.2. The highest BCUT2D eigenvalue weighted by atomic mass is 35.5. The smallest absolute Gasteiger partial charge is 0.234 e. The first-order valence-electron chi connectivity index (χ1n) is 10.3. The minimum atomic E-state index is -0.360. The monoisotopic (exact) mass is 492 g/mol. The van der Waals surface area contributed by atoms with Crippen molar-refractivity contribution >= 4 is 46.6 Å².